The summed E-state index contributed by atoms with van der Waals surface area (Å²) in [7, 11) is 1.83. The zero-order valence-corrected chi connectivity index (χ0v) is 12.2. The van der Waals surface area contributed by atoms with Crippen LogP contribution in [0.25, 0.3) is 0 Å². The largest absolute Gasteiger partial charge is 0.380 e. The minimum Gasteiger partial charge on any atom is -0.380 e. The Kier molecular flexibility index (Phi) is 4.60. The Bertz CT molecular complexity index is 408. The zero-order valence-electron chi connectivity index (χ0n) is 12.2. The van der Waals surface area contributed by atoms with Crippen LogP contribution in [0.1, 0.15) is 24.8 Å². The molecular formula is C15H24N4O. The summed E-state index contributed by atoms with van der Waals surface area (Å²) in [4.78, 5) is 13.4. The van der Waals surface area contributed by atoms with Gasteiger partial charge in [0.25, 0.3) is 0 Å². The van der Waals surface area contributed by atoms with Gasteiger partial charge in [-0.25, -0.2) is 9.97 Å². The van der Waals surface area contributed by atoms with E-state index in [1.807, 2.05) is 19.5 Å². The van der Waals surface area contributed by atoms with E-state index in [2.05, 4.69) is 19.8 Å². The molecule has 3 heterocycles. The molecule has 0 radical (unpaired) electrons. The molecule has 2 saturated heterocycles. The van der Waals surface area contributed by atoms with Gasteiger partial charge in [0, 0.05) is 50.7 Å². The molecule has 5 nitrogen and oxygen atoms in total. The van der Waals surface area contributed by atoms with E-state index in [1.165, 1.54) is 38.0 Å². The first-order chi connectivity index (χ1) is 9.85. The van der Waals surface area contributed by atoms with Crippen molar-refractivity contribution >= 4 is 0 Å². The van der Waals surface area contributed by atoms with Crippen molar-refractivity contribution in [1.82, 2.24) is 19.8 Å². The van der Waals surface area contributed by atoms with Gasteiger partial charge in [-0.15, -0.1) is 0 Å². The maximum atomic E-state index is 5.58. The van der Waals surface area contributed by atoms with E-state index >= 15 is 0 Å². The summed E-state index contributed by atoms with van der Waals surface area (Å²) in [5.74, 6) is 0. The van der Waals surface area contributed by atoms with Gasteiger partial charge in [-0.2, -0.15) is 0 Å². The quantitative estimate of drug-likeness (QED) is 0.807. The summed E-state index contributed by atoms with van der Waals surface area (Å²) in [6, 6.07) is 0.596. The first-order valence-electron chi connectivity index (χ1n) is 7.58. The van der Waals surface area contributed by atoms with Crippen LogP contribution < -0.4 is 0 Å². The number of rotatable bonds is 5. The van der Waals surface area contributed by atoms with Crippen molar-refractivity contribution in [2.75, 3.05) is 33.3 Å². The highest BCUT2D eigenvalue weighted by Crippen LogP contribution is 2.24. The normalized spacial score (nSPS) is 28.2. The summed E-state index contributed by atoms with van der Waals surface area (Å²) in [6.45, 7) is 5.64. The maximum absolute atomic E-state index is 5.58. The molecule has 0 bridgehead atoms. The molecule has 3 rings (SSSR count). The maximum Gasteiger partial charge on any atom is 0.115 e. The van der Waals surface area contributed by atoms with Gasteiger partial charge in [-0.1, -0.05) is 0 Å². The summed E-state index contributed by atoms with van der Waals surface area (Å²) < 4.78 is 5.58. The molecule has 2 fully saturated rings. The summed E-state index contributed by atoms with van der Waals surface area (Å²) in [6.07, 6.45) is 9.64. The first-order valence-corrected chi connectivity index (χ1v) is 7.58. The molecule has 1 aromatic rings. The third-order valence-corrected chi connectivity index (χ3v) is 4.49. The monoisotopic (exact) mass is 276 g/mol. The number of aromatic nitrogens is 2. The lowest BCUT2D eigenvalue weighted by molar-refractivity contribution is 0.107. The molecule has 110 valence electrons. The number of hydrogen-bond acceptors (Lipinski definition) is 5. The topological polar surface area (TPSA) is 41.5 Å². The Morgan fingerprint density at radius 2 is 2.00 bits per heavy atom. The minimum atomic E-state index is 0.368. The van der Waals surface area contributed by atoms with Crippen molar-refractivity contribution in [3.8, 4) is 0 Å². The second-order valence-corrected chi connectivity index (χ2v) is 5.93. The van der Waals surface area contributed by atoms with Gasteiger partial charge in [0.15, 0.2) is 0 Å². The standard InChI is InChI=1S/C15H24N4O/c1-20-15-6-14(10-18-4-2-3-5-18)19(11-15)9-13-7-16-12-17-8-13/h7-8,12,14-15H,2-6,9-11H2,1H3/t14-,15-/m0/s1. The van der Waals surface area contributed by atoms with Crippen LogP contribution in [0.5, 0.6) is 0 Å². The number of methoxy groups -OCH3 is 1. The first kappa shape index (κ1) is 13.9. The molecule has 20 heavy (non-hydrogen) atoms. The molecule has 0 aromatic carbocycles. The predicted octanol–water partition coefficient (Wildman–Crippen LogP) is 1.16. The van der Waals surface area contributed by atoms with E-state index < -0.39 is 0 Å². The van der Waals surface area contributed by atoms with Crippen LogP contribution in [0, 0.1) is 0 Å². The number of hydrogen-bond donors (Lipinski definition) is 0. The minimum absolute atomic E-state index is 0.368. The highest BCUT2D eigenvalue weighted by Gasteiger charge is 2.33. The SMILES string of the molecule is CO[C@H]1C[C@@H](CN2CCCC2)N(Cc2cncnc2)C1. The van der Waals surface area contributed by atoms with Crippen LogP contribution in [0.4, 0.5) is 0 Å². The van der Waals surface area contributed by atoms with Crippen molar-refractivity contribution in [1.29, 1.82) is 0 Å². The van der Waals surface area contributed by atoms with Crippen LogP contribution in [0.2, 0.25) is 0 Å². The second kappa shape index (κ2) is 6.61. The van der Waals surface area contributed by atoms with Crippen molar-refractivity contribution in [3.63, 3.8) is 0 Å². The molecule has 0 spiro atoms. The average molecular weight is 276 g/mol. The molecule has 0 unspecified atom stereocenters. The van der Waals surface area contributed by atoms with Crippen molar-refractivity contribution in [3.05, 3.63) is 24.3 Å². The van der Waals surface area contributed by atoms with Crippen molar-refractivity contribution in [2.24, 2.45) is 0 Å². The van der Waals surface area contributed by atoms with E-state index in [0.29, 0.717) is 12.1 Å². The molecule has 2 aliphatic heterocycles. The summed E-state index contributed by atoms with van der Waals surface area (Å²) in [5.41, 5.74) is 1.19. The van der Waals surface area contributed by atoms with E-state index in [9.17, 15) is 0 Å². The number of likely N-dealkylation sites (tertiary alicyclic amines) is 2. The fourth-order valence-corrected chi connectivity index (χ4v) is 3.40. The molecule has 0 N–H and O–H groups in total. The van der Waals surface area contributed by atoms with Gasteiger partial charge >= 0.3 is 0 Å². The van der Waals surface area contributed by atoms with E-state index in [1.54, 1.807) is 6.33 Å². The number of ether oxygens (including phenoxy) is 1. The Balaban J connectivity index is 1.62. The van der Waals surface area contributed by atoms with E-state index in [4.69, 9.17) is 4.74 Å². The van der Waals surface area contributed by atoms with Crippen LogP contribution in [0.15, 0.2) is 18.7 Å². The molecule has 0 amide bonds. The third-order valence-electron chi connectivity index (χ3n) is 4.49. The molecule has 5 heteroatoms. The van der Waals surface area contributed by atoms with Crippen LogP contribution in [-0.2, 0) is 11.3 Å². The van der Waals surface area contributed by atoms with Gasteiger partial charge in [-0.05, 0) is 32.4 Å². The lowest BCUT2D eigenvalue weighted by Crippen LogP contribution is -2.38. The Labute approximate surface area is 121 Å². The highest BCUT2D eigenvalue weighted by molar-refractivity contribution is 5.04. The fourth-order valence-electron chi connectivity index (χ4n) is 3.40. The van der Waals surface area contributed by atoms with E-state index in [0.717, 1.165) is 19.5 Å². The molecule has 2 atom stereocenters. The molecular weight excluding hydrogens is 252 g/mol. The van der Waals surface area contributed by atoms with Crippen molar-refractivity contribution < 1.29 is 4.74 Å². The molecule has 0 aliphatic carbocycles. The van der Waals surface area contributed by atoms with Gasteiger partial charge < -0.3 is 9.64 Å². The van der Waals surface area contributed by atoms with Crippen LogP contribution >= 0.6 is 0 Å². The fraction of sp³-hybridized carbons (Fsp3) is 0.733. The Morgan fingerprint density at radius 3 is 2.70 bits per heavy atom. The van der Waals surface area contributed by atoms with Gasteiger partial charge in [-0.3, -0.25) is 4.90 Å². The lowest BCUT2D eigenvalue weighted by atomic mass is 10.2. The van der Waals surface area contributed by atoms with Crippen molar-refractivity contribution in [2.45, 2.75) is 38.0 Å². The van der Waals surface area contributed by atoms with Gasteiger partial charge in [0.1, 0.15) is 6.33 Å². The summed E-state index contributed by atoms with van der Waals surface area (Å²) >= 11 is 0. The summed E-state index contributed by atoms with van der Waals surface area (Å²) in [5, 5.41) is 0. The lowest BCUT2D eigenvalue weighted by Gasteiger charge is -2.27. The molecule has 2 aliphatic rings. The number of nitrogens with zero attached hydrogens (tertiary/aromatic N) is 4. The van der Waals surface area contributed by atoms with Gasteiger partial charge in [0.05, 0.1) is 6.10 Å². The zero-order chi connectivity index (χ0) is 13.8. The van der Waals surface area contributed by atoms with Crippen LogP contribution in [0.3, 0.4) is 0 Å². The smallest absolute Gasteiger partial charge is 0.115 e. The molecule has 1 aromatic heterocycles. The van der Waals surface area contributed by atoms with E-state index in [-0.39, 0.29) is 0 Å². The Hall–Kier alpha value is -1.04. The predicted molar refractivity (Wildman–Crippen MR) is 77.3 cm³/mol. The van der Waals surface area contributed by atoms with Crippen LogP contribution in [-0.4, -0.2) is 65.2 Å². The average Bonchev–Trinajstić information content (AvgIpc) is 3.11. The molecule has 0 saturated carbocycles. The third kappa shape index (κ3) is 3.34. The van der Waals surface area contributed by atoms with Gasteiger partial charge in [0.2, 0.25) is 0 Å². The second-order valence-electron chi connectivity index (χ2n) is 5.93. The highest BCUT2D eigenvalue weighted by atomic mass is 16.5. The Morgan fingerprint density at radius 1 is 1.25 bits per heavy atom.